The number of nitrogens with zero attached hydrogens (tertiary/aromatic N) is 3. The number of alkyl halides is 3. The summed E-state index contributed by atoms with van der Waals surface area (Å²) in [5.74, 6) is 0.501. The lowest BCUT2D eigenvalue weighted by Crippen LogP contribution is -2.50. The van der Waals surface area contributed by atoms with E-state index in [-0.39, 0.29) is 24.4 Å². The number of aliphatic hydroxyl groups is 1. The molecule has 7 nitrogen and oxygen atoms in total. The molecule has 10 heteroatoms. The molecule has 1 aromatic heterocycles. The summed E-state index contributed by atoms with van der Waals surface area (Å²) in [4.78, 5) is 13.0. The minimum atomic E-state index is -4.95. The van der Waals surface area contributed by atoms with Crippen molar-refractivity contribution in [3.63, 3.8) is 0 Å². The van der Waals surface area contributed by atoms with Crippen LogP contribution in [0.1, 0.15) is 31.6 Å². The normalized spacial score (nSPS) is 20.1. The smallest absolute Gasteiger partial charge is 0.423 e. The van der Waals surface area contributed by atoms with Gasteiger partial charge in [0.05, 0.1) is 12.5 Å². The van der Waals surface area contributed by atoms with Gasteiger partial charge in [-0.15, -0.1) is 10.2 Å². The fourth-order valence-electron chi connectivity index (χ4n) is 4.17. The van der Waals surface area contributed by atoms with Crippen molar-refractivity contribution in [2.75, 3.05) is 20.2 Å². The van der Waals surface area contributed by atoms with E-state index in [1.165, 1.54) is 0 Å². The lowest BCUT2D eigenvalue weighted by Gasteiger charge is -2.36. The second-order valence-corrected chi connectivity index (χ2v) is 7.84. The first-order chi connectivity index (χ1) is 14.2. The van der Waals surface area contributed by atoms with Gasteiger partial charge in [-0.05, 0) is 55.9 Å². The number of methoxy groups -OCH3 is 1. The summed E-state index contributed by atoms with van der Waals surface area (Å²) < 4.78 is 48.9. The van der Waals surface area contributed by atoms with Gasteiger partial charge in [-0.1, -0.05) is 0 Å². The monoisotopic (exact) mass is 425 g/mol. The molecule has 2 heterocycles. The van der Waals surface area contributed by atoms with E-state index in [9.17, 15) is 23.1 Å². The van der Waals surface area contributed by atoms with Gasteiger partial charge < -0.3 is 19.2 Å². The van der Waals surface area contributed by atoms with Crippen LogP contribution in [-0.2, 0) is 10.2 Å². The first-order valence-electron chi connectivity index (χ1n) is 9.76. The van der Waals surface area contributed by atoms with Gasteiger partial charge in [0.15, 0.2) is 0 Å². The van der Waals surface area contributed by atoms with Gasteiger partial charge in [-0.2, -0.15) is 13.2 Å². The molecule has 1 saturated heterocycles. The average Bonchev–Trinajstić information content (AvgIpc) is 3.41. The summed E-state index contributed by atoms with van der Waals surface area (Å²) in [6.07, 6.45) is -5.14. The van der Waals surface area contributed by atoms with E-state index in [1.807, 2.05) is 12.1 Å². The van der Waals surface area contributed by atoms with Crippen molar-refractivity contribution in [2.45, 2.75) is 43.4 Å². The Hall–Kier alpha value is -2.62. The second kappa shape index (κ2) is 7.57. The molecule has 2 aromatic rings. The van der Waals surface area contributed by atoms with Crippen molar-refractivity contribution >= 4 is 5.91 Å². The Bertz CT molecular complexity index is 901. The summed E-state index contributed by atoms with van der Waals surface area (Å²) >= 11 is 0. The van der Waals surface area contributed by atoms with Crippen LogP contribution in [0, 0.1) is 5.92 Å². The van der Waals surface area contributed by atoms with Crippen molar-refractivity contribution < 1.29 is 32.2 Å². The van der Waals surface area contributed by atoms with Crippen molar-refractivity contribution in [2.24, 2.45) is 5.92 Å². The number of halogens is 3. The molecule has 0 unspecified atom stereocenters. The van der Waals surface area contributed by atoms with Crippen LogP contribution < -0.4 is 4.74 Å². The van der Waals surface area contributed by atoms with Crippen LogP contribution in [0.4, 0.5) is 13.2 Å². The zero-order valence-corrected chi connectivity index (χ0v) is 16.4. The zero-order valence-electron chi connectivity index (χ0n) is 16.4. The van der Waals surface area contributed by atoms with Crippen LogP contribution in [0.2, 0.25) is 0 Å². The molecule has 1 atom stereocenters. The minimum absolute atomic E-state index is 0.133. The first kappa shape index (κ1) is 20.6. The number of amides is 1. The molecule has 30 heavy (non-hydrogen) atoms. The molecule has 0 spiro atoms. The van der Waals surface area contributed by atoms with Gasteiger partial charge in [0.2, 0.25) is 17.9 Å². The van der Waals surface area contributed by atoms with Crippen LogP contribution in [0.3, 0.4) is 0 Å². The van der Waals surface area contributed by atoms with Crippen LogP contribution in [0.5, 0.6) is 5.75 Å². The van der Waals surface area contributed by atoms with E-state index in [1.54, 1.807) is 19.2 Å². The predicted molar refractivity (Wildman–Crippen MR) is 98.6 cm³/mol. The Kier molecular flexibility index (Phi) is 5.21. The molecule has 1 saturated carbocycles. The van der Waals surface area contributed by atoms with Crippen LogP contribution >= 0.6 is 0 Å². The summed E-state index contributed by atoms with van der Waals surface area (Å²) in [6, 6.07) is 7.25. The van der Waals surface area contributed by atoms with E-state index in [0.29, 0.717) is 30.4 Å². The Balaban J connectivity index is 1.42. The van der Waals surface area contributed by atoms with Crippen molar-refractivity contribution in [1.82, 2.24) is 15.1 Å². The lowest BCUT2D eigenvalue weighted by molar-refractivity contribution is -0.211. The number of hydrogen-bond donors (Lipinski definition) is 1. The molecule has 4 rings (SSSR count). The number of piperidine rings is 1. The van der Waals surface area contributed by atoms with E-state index >= 15 is 0 Å². The van der Waals surface area contributed by atoms with E-state index < -0.39 is 18.2 Å². The summed E-state index contributed by atoms with van der Waals surface area (Å²) in [7, 11) is 1.58. The number of ether oxygens (including phenoxy) is 1. The number of aliphatic hydroxyl groups excluding tert-OH is 1. The third-order valence-electron chi connectivity index (χ3n) is 6.11. The van der Waals surface area contributed by atoms with Gasteiger partial charge in [0, 0.05) is 18.7 Å². The molecule has 0 radical (unpaired) electrons. The quantitative estimate of drug-likeness (QED) is 0.793. The van der Waals surface area contributed by atoms with Gasteiger partial charge in [-0.25, -0.2) is 0 Å². The second-order valence-electron chi connectivity index (χ2n) is 7.84. The highest BCUT2D eigenvalue weighted by Gasteiger charge is 2.56. The van der Waals surface area contributed by atoms with Crippen molar-refractivity contribution in [1.29, 1.82) is 0 Å². The molecule has 0 bridgehead atoms. The highest BCUT2D eigenvalue weighted by molar-refractivity contribution is 5.81. The molecule has 2 aliphatic rings. The number of benzene rings is 1. The maximum absolute atomic E-state index is 12.6. The number of rotatable bonds is 5. The highest BCUT2D eigenvalue weighted by atomic mass is 19.4. The van der Waals surface area contributed by atoms with Crippen LogP contribution in [-0.4, -0.2) is 58.6 Å². The van der Waals surface area contributed by atoms with Gasteiger partial charge >= 0.3 is 6.18 Å². The standard InChI is InChI=1S/C20H22F3N3O4/c1-29-14-4-2-12(3-5-14)16-24-25-18(30-16)19(8-9-19)13-6-10-26(11-7-13)17(28)15(27)20(21,22)23/h2-5,13,15,27H,6-11H2,1H3/t15-/m1/s1. The molecular weight excluding hydrogens is 403 g/mol. The fourth-order valence-corrected chi connectivity index (χ4v) is 4.17. The summed E-state index contributed by atoms with van der Waals surface area (Å²) in [6.45, 7) is 0.329. The Morgan fingerprint density at radius 2 is 1.87 bits per heavy atom. The molecular formula is C20H22F3N3O4. The van der Waals surface area contributed by atoms with Gasteiger partial charge in [-0.3, -0.25) is 4.79 Å². The summed E-state index contributed by atoms with van der Waals surface area (Å²) in [5, 5.41) is 17.6. The molecule has 162 valence electrons. The SMILES string of the molecule is COc1ccc(-c2nnc(C3(C4CCN(C(=O)[C@@H](O)C(F)(F)F)CC4)CC3)o2)cc1. The molecule has 1 aromatic carbocycles. The van der Waals surface area contributed by atoms with Crippen LogP contribution in [0.15, 0.2) is 28.7 Å². The zero-order chi connectivity index (χ0) is 21.5. The maximum atomic E-state index is 12.6. The van der Waals surface area contributed by atoms with Crippen molar-refractivity contribution in [3.8, 4) is 17.2 Å². The lowest BCUT2D eigenvalue weighted by atomic mass is 9.81. The number of aromatic nitrogens is 2. The van der Waals surface area contributed by atoms with Crippen LogP contribution in [0.25, 0.3) is 11.5 Å². The maximum Gasteiger partial charge on any atom is 0.423 e. The first-order valence-corrected chi connectivity index (χ1v) is 9.76. The Morgan fingerprint density at radius 1 is 1.23 bits per heavy atom. The Morgan fingerprint density at radius 3 is 2.40 bits per heavy atom. The third-order valence-corrected chi connectivity index (χ3v) is 6.11. The fraction of sp³-hybridized carbons (Fsp3) is 0.550. The number of carbonyl (C=O) groups excluding carboxylic acids is 1. The van der Waals surface area contributed by atoms with E-state index in [0.717, 1.165) is 23.3 Å². The van der Waals surface area contributed by atoms with E-state index in [4.69, 9.17) is 9.15 Å². The number of carbonyl (C=O) groups is 1. The predicted octanol–water partition coefficient (Wildman–Crippen LogP) is 2.94. The highest BCUT2D eigenvalue weighted by Crippen LogP contribution is 2.56. The molecule has 2 fully saturated rings. The van der Waals surface area contributed by atoms with E-state index in [2.05, 4.69) is 10.2 Å². The number of likely N-dealkylation sites (tertiary alicyclic amines) is 1. The Labute approximate surface area is 170 Å². The molecule has 1 amide bonds. The molecule has 1 aliphatic heterocycles. The third kappa shape index (κ3) is 3.76. The van der Waals surface area contributed by atoms with Gasteiger partial charge in [0.1, 0.15) is 5.75 Å². The molecule has 1 aliphatic carbocycles. The molecule has 1 N–H and O–H groups in total. The van der Waals surface area contributed by atoms with Crippen molar-refractivity contribution in [3.05, 3.63) is 30.2 Å². The number of hydrogen-bond acceptors (Lipinski definition) is 6. The summed E-state index contributed by atoms with van der Waals surface area (Å²) in [5.41, 5.74) is 0.488. The average molecular weight is 425 g/mol. The van der Waals surface area contributed by atoms with Gasteiger partial charge in [0.25, 0.3) is 5.91 Å². The largest absolute Gasteiger partial charge is 0.497 e. The topological polar surface area (TPSA) is 88.7 Å². The minimum Gasteiger partial charge on any atom is -0.497 e.